The van der Waals surface area contributed by atoms with Crippen LogP contribution in [-0.2, 0) is 0 Å². The molecular formula is C18H14N6O3. The molecule has 0 saturated carbocycles. The summed E-state index contributed by atoms with van der Waals surface area (Å²) < 4.78 is 12.0. The van der Waals surface area contributed by atoms with Gasteiger partial charge in [-0.05, 0) is 36.4 Å². The van der Waals surface area contributed by atoms with Gasteiger partial charge in [-0.15, -0.1) is 5.10 Å². The molecule has 4 rings (SSSR count). The Hall–Kier alpha value is -4.06. The van der Waals surface area contributed by atoms with Gasteiger partial charge in [-0.2, -0.15) is 14.9 Å². The molecule has 0 bridgehead atoms. The molecule has 0 spiro atoms. The van der Waals surface area contributed by atoms with Crippen LogP contribution in [0.25, 0.3) is 0 Å². The highest BCUT2D eigenvalue weighted by Crippen LogP contribution is 2.33. The van der Waals surface area contributed by atoms with Crippen LogP contribution < -0.4 is 20.5 Å². The number of nitrogens with one attached hydrogen (secondary N) is 1. The molecule has 1 aromatic heterocycles. The normalized spacial score (nSPS) is 12.3. The Bertz CT molecular complexity index is 1050. The summed E-state index contributed by atoms with van der Waals surface area (Å²) in [4.78, 5) is 16.6. The lowest BCUT2D eigenvalue weighted by Gasteiger charge is -2.18. The lowest BCUT2D eigenvalue weighted by molar-refractivity contribution is 0.0948. The summed E-state index contributed by atoms with van der Waals surface area (Å²) in [5.41, 5.74) is 7.30. The molecule has 0 unspecified atom stereocenters. The van der Waals surface area contributed by atoms with Crippen LogP contribution in [0.3, 0.4) is 0 Å². The van der Waals surface area contributed by atoms with Crippen molar-refractivity contribution in [3.63, 3.8) is 0 Å². The number of fused-ring (bicyclic) bond motifs is 1. The van der Waals surface area contributed by atoms with Crippen LogP contribution in [-0.4, -0.2) is 33.9 Å². The van der Waals surface area contributed by atoms with E-state index in [2.05, 4.69) is 15.4 Å². The molecule has 3 N–H and O–H groups in total. The minimum Gasteiger partial charge on any atom is -0.486 e. The summed E-state index contributed by atoms with van der Waals surface area (Å²) in [5.74, 6) is 0.961. The molecule has 2 heterocycles. The molecule has 27 heavy (non-hydrogen) atoms. The zero-order valence-electron chi connectivity index (χ0n) is 14.0. The molecule has 2 aromatic carbocycles. The first-order chi connectivity index (χ1) is 13.1. The summed E-state index contributed by atoms with van der Waals surface area (Å²) in [6.45, 7) is 0.995. The minimum absolute atomic E-state index is 0.0515. The van der Waals surface area contributed by atoms with E-state index in [4.69, 9.17) is 20.5 Å². The zero-order valence-corrected chi connectivity index (χ0v) is 14.0. The number of aromatic nitrogens is 3. The fraction of sp³-hybridized carbons (Fsp3) is 0.111. The maximum Gasteiger partial charge on any atom is 0.281 e. The van der Waals surface area contributed by atoms with Gasteiger partial charge in [0.1, 0.15) is 13.2 Å². The number of hydrogen-bond donors (Lipinski definition) is 2. The highest BCUT2D eigenvalue weighted by atomic mass is 16.6. The molecule has 0 amide bonds. The lowest BCUT2D eigenvalue weighted by atomic mass is 10.1. The Morgan fingerprint density at radius 1 is 1.15 bits per heavy atom. The molecular weight excluding hydrogens is 348 g/mol. The van der Waals surface area contributed by atoms with Crippen molar-refractivity contribution < 1.29 is 14.3 Å². The third-order valence-electron chi connectivity index (χ3n) is 3.88. The standard InChI is InChI=1S/C18H14N6O3/c19-10-11-1-3-12(4-2-11)16(25)24-17(20)22-18(23-24)21-13-5-6-14-15(9-13)27-8-7-26-14/h1-6,9H,7-8H2,(H3,20,21,22,23). The predicted octanol–water partition coefficient (Wildman–Crippen LogP) is 1.94. The van der Waals surface area contributed by atoms with Crippen LogP contribution in [0, 0.1) is 11.3 Å². The number of nitrogens with zero attached hydrogens (tertiary/aromatic N) is 4. The molecule has 0 saturated heterocycles. The van der Waals surface area contributed by atoms with E-state index in [0.29, 0.717) is 41.5 Å². The average molecular weight is 362 g/mol. The van der Waals surface area contributed by atoms with E-state index < -0.39 is 5.91 Å². The van der Waals surface area contributed by atoms with E-state index in [9.17, 15) is 4.79 Å². The van der Waals surface area contributed by atoms with E-state index >= 15 is 0 Å². The quantitative estimate of drug-likeness (QED) is 0.723. The minimum atomic E-state index is -0.445. The Labute approximate surface area is 153 Å². The van der Waals surface area contributed by atoms with Crippen LogP contribution in [0.4, 0.5) is 17.6 Å². The summed E-state index contributed by atoms with van der Waals surface area (Å²) in [5, 5.41) is 15.9. The maximum absolute atomic E-state index is 12.6. The van der Waals surface area contributed by atoms with Gasteiger partial charge < -0.3 is 20.5 Å². The number of carbonyl (C=O) groups is 1. The number of rotatable bonds is 3. The SMILES string of the molecule is N#Cc1ccc(C(=O)n2nc(Nc3ccc4c(c3)OCCO4)nc2N)cc1. The van der Waals surface area contributed by atoms with Gasteiger partial charge >= 0.3 is 0 Å². The highest BCUT2D eigenvalue weighted by Gasteiger charge is 2.17. The van der Waals surface area contributed by atoms with Crippen molar-refractivity contribution in [2.45, 2.75) is 0 Å². The summed E-state index contributed by atoms with van der Waals surface area (Å²) >= 11 is 0. The van der Waals surface area contributed by atoms with Crippen molar-refractivity contribution in [2.24, 2.45) is 0 Å². The third-order valence-corrected chi connectivity index (χ3v) is 3.88. The summed E-state index contributed by atoms with van der Waals surface area (Å²) in [6.07, 6.45) is 0. The average Bonchev–Trinajstić information content (AvgIpc) is 3.07. The van der Waals surface area contributed by atoms with Crippen LogP contribution in [0.2, 0.25) is 0 Å². The van der Waals surface area contributed by atoms with Crippen LogP contribution in [0.15, 0.2) is 42.5 Å². The van der Waals surface area contributed by atoms with E-state index in [1.807, 2.05) is 6.07 Å². The molecule has 1 aliphatic rings. The largest absolute Gasteiger partial charge is 0.486 e. The molecule has 1 aliphatic heterocycles. The van der Waals surface area contributed by atoms with Crippen LogP contribution in [0.5, 0.6) is 11.5 Å². The van der Waals surface area contributed by atoms with Gasteiger partial charge in [-0.1, -0.05) is 0 Å². The van der Waals surface area contributed by atoms with Gasteiger partial charge in [0.05, 0.1) is 11.6 Å². The second kappa shape index (κ2) is 6.68. The smallest absolute Gasteiger partial charge is 0.281 e. The fourth-order valence-corrected chi connectivity index (χ4v) is 2.59. The third kappa shape index (κ3) is 3.23. The van der Waals surface area contributed by atoms with Gasteiger partial charge in [0.2, 0.25) is 11.9 Å². The number of nitrogens with two attached hydrogens (primary N) is 1. The van der Waals surface area contributed by atoms with Gasteiger partial charge in [0.25, 0.3) is 5.91 Å². The second-order valence-corrected chi connectivity index (χ2v) is 5.68. The van der Waals surface area contributed by atoms with Gasteiger partial charge in [-0.3, -0.25) is 4.79 Å². The Morgan fingerprint density at radius 3 is 2.63 bits per heavy atom. The van der Waals surface area contributed by atoms with Crippen molar-refractivity contribution in [3.8, 4) is 17.6 Å². The number of nitriles is 1. The van der Waals surface area contributed by atoms with Crippen molar-refractivity contribution in [2.75, 3.05) is 24.3 Å². The molecule has 9 nitrogen and oxygen atoms in total. The highest BCUT2D eigenvalue weighted by molar-refractivity contribution is 5.97. The summed E-state index contributed by atoms with van der Waals surface area (Å²) in [7, 11) is 0. The number of anilines is 3. The first kappa shape index (κ1) is 16.4. The Balaban J connectivity index is 1.56. The van der Waals surface area contributed by atoms with E-state index in [-0.39, 0.29) is 11.9 Å². The number of benzene rings is 2. The van der Waals surface area contributed by atoms with E-state index in [0.717, 1.165) is 4.68 Å². The fourth-order valence-electron chi connectivity index (χ4n) is 2.59. The van der Waals surface area contributed by atoms with Gasteiger partial charge in [0, 0.05) is 17.3 Å². The number of carbonyl (C=O) groups excluding carboxylic acids is 1. The molecule has 9 heteroatoms. The monoisotopic (exact) mass is 362 g/mol. The van der Waals surface area contributed by atoms with Gasteiger partial charge in [-0.25, -0.2) is 0 Å². The number of nitrogen functional groups attached to an aromatic ring is 1. The van der Waals surface area contributed by atoms with E-state index in [1.54, 1.807) is 30.3 Å². The first-order valence-corrected chi connectivity index (χ1v) is 8.08. The van der Waals surface area contributed by atoms with E-state index in [1.165, 1.54) is 12.1 Å². The van der Waals surface area contributed by atoms with Crippen LogP contribution >= 0.6 is 0 Å². The van der Waals surface area contributed by atoms with Crippen molar-refractivity contribution in [1.29, 1.82) is 5.26 Å². The molecule has 0 atom stereocenters. The zero-order chi connectivity index (χ0) is 18.8. The number of hydrogen-bond acceptors (Lipinski definition) is 8. The first-order valence-electron chi connectivity index (χ1n) is 8.08. The Kier molecular flexibility index (Phi) is 4.06. The molecule has 134 valence electrons. The van der Waals surface area contributed by atoms with Crippen LogP contribution in [0.1, 0.15) is 15.9 Å². The van der Waals surface area contributed by atoms with Crippen molar-refractivity contribution in [3.05, 3.63) is 53.6 Å². The van der Waals surface area contributed by atoms with Gasteiger partial charge in [0.15, 0.2) is 11.5 Å². The molecule has 0 radical (unpaired) electrons. The molecule has 0 aliphatic carbocycles. The topological polar surface area (TPSA) is 128 Å². The lowest BCUT2D eigenvalue weighted by Crippen LogP contribution is -2.16. The summed E-state index contributed by atoms with van der Waals surface area (Å²) in [6, 6.07) is 13.5. The molecule has 0 fully saturated rings. The second-order valence-electron chi connectivity index (χ2n) is 5.68. The maximum atomic E-state index is 12.6. The Morgan fingerprint density at radius 2 is 1.89 bits per heavy atom. The van der Waals surface area contributed by atoms with Crippen molar-refractivity contribution in [1.82, 2.24) is 14.8 Å². The van der Waals surface area contributed by atoms with Crippen molar-refractivity contribution >= 4 is 23.5 Å². The predicted molar refractivity (Wildman–Crippen MR) is 96.0 cm³/mol. The molecule has 3 aromatic rings. The number of ether oxygens (including phenoxy) is 2.